The van der Waals surface area contributed by atoms with Gasteiger partial charge < -0.3 is 10.1 Å². The Morgan fingerprint density at radius 3 is 2.53 bits per heavy atom. The van der Waals surface area contributed by atoms with Gasteiger partial charge >= 0.3 is 0 Å². The molecule has 1 aliphatic carbocycles. The molecule has 1 amide bonds. The van der Waals surface area contributed by atoms with E-state index < -0.39 is 0 Å². The molecule has 0 aromatic rings. The number of amides is 1. The molecule has 0 bridgehead atoms. The second-order valence-electron chi connectivity index (χ2n) is 4.82. The zero-order valence-electron chi connectivity index (χ0n) is 10.1. The van der Waals surface area contributed by atoms with Gasteiger partial charge in [0.05, 0.1) is 6.61 Å². The van der Waals surface area contributed by atoms with Gasteiger partial charge in [0.1, 0.15) is 0 Å². The van der Waals surface area contributed by atoms with E-state index >= 15 is 0 Å². The lowest BCUT2D eigenvalue weighted by atomic mass is 9.82. The van der Waals surface area contributed by atoms with Crippen molar-refractivity contribution in [2.24, 2.45) is 11.8 Å². The first kappa shape index (κ1) is 12.5. The molecule has 1 N–H and O–H groups in total. The molecule has 1 aliphatic rings. The van der Waals surface area contributed by atoms with Crippen molar-refractivity contribution in [1.29, 1.82) is 0 Å². The van der Waals surface area contributed by atoms with Crippen molar-refractivity contribution in [3.8, 4) is 0 Å². The summed E-state index contributed by atoms with van der Waals surface area (Å²) in [5, 5.41) is 3.00. The Labute approximate surface area is 92.6 Å². The highest BCUT2D eigenvalue weighted by atomic mass is 16.5. The first-order valence-electron chi connectivity index (χ1n) is 5.92. The van der Waals surface area contributed by atoms with Crippen molar-refractivity contribution in [3.05, 3.63) is 0 Å². The Morgan fingerprint density at radius 1 is 1.40 bits per heavy atom. The minimum atomic E-state index is 0.127. The van der Waals surface area contributed by atoms with Crippen LogP contribution in [-0.2, 0) is 9.53 Å². The number of nitrogens with one attached hydrogen (secondary N) is 1. The zero-order chi connectivity index (χ0) is 11.3. The summed E-state index contributed by atoms with van der Waals surface area (Å²) in [6.07, 6.45) is 4.48. The van der Waals surface area contributed by atoms with Crippen LogP contribution in [0.5, 0.6) is 0 Å². The fourth-order valence-corrected chi connectivity index (χ4v) is 2.17. The second-order valence-corrected chi connectivity index (χ2v) is 4.82. The molecule has 1 saturated carbocycles. The Kier molecular flexibility index (Phi) is 5.09. The number of rotatable bonds is 4. The topological polar surface area (TPSA) is 38.3 Å². The molecule has 0 aromatic carbocycles. The molecule has 0 saturated heterocycles. The normalized spacial score (nSPS) is 28.5. The van der Waals surface area contributed by atoms with E-state index in [0.717, 1.165) is 18.8 Å². The molecule has 0 spiro atoms. The van der Waals surface area contributed by atoms with Gasteiger partial charge in [-0.3, -0.25) is 4.79 Å². The van der Waals surface area contributed by atoms with Crippen molar-refractivity contribution in [2.75, 3.05) is 13.7 Å². The molecule has 0 radical (unpaired) electrons. The Hall–Kier alpha value is -0.570. The molecule has 1 atom stereocenters. The molecule has 3 heteroatoms. The highest BCUT2D eigenvalue weighted by molar-refractivity contribution is 5.78. The molecule has 0 aromatic heterocycles. The van der Waals surface area contributed by atoms with Crippen LogP contribution in [0.15, 0.2) is 0 Å². The molecular formula is C12H23NO2. The molecule has 0 aliphatic heterocycles. The summed E-state index contributed by atoms with van der Waals surface area (Å²) in [7, 11) is 1.66. The van der Waals surface area contributed by atoms with Crippen molar-refractivity contribution in [1.82, 2.24) is 5.32 Å². The summed E-state index contributed by atoms with van der Waals surface area (Å²) in [5.41, 5.74) is 0. The van der Waals surface area contributed by atoms with Crippen LogP contribution in [0.4, 0.5) is 0 Å². The predicted octanol–water partition coefficient (Wildman–Crippen LogP) is 1.96. The van der Waals surface area contributed by atoms with E-state index in [1.54, 1.807) is 7.11 Å². The van der Waals surface area contributed by atoms with Gasteiger partial charge in [-0.2, -0.15) is 0 Å². The number of hydrogen-bond acceptors (Lipinski definition) is 2. The summed E-state index contributed by atoms with van der Waals surface area (Å²) in [5.74, 6) is 1.25. The van der Waals surface area contributed by atoms with E-state index in [1.165, 1.54) is 12.8 Å². The standard InChI is InChI=1S/C12H23NO2/c1-9-4-6-11(7-5-9)12(14)13-10(2)8-15-3/h9-11H,4-8H2,1-3H3,(H,13,14). The predicted molar refractivity (Wildman–Crippen MR) is 60.6 cm³/mol. The van der Waals surface area contributed by atoms with Crippen molar-refractivity contribution in [3.63, 3.8) is 0 Å². The molecule has 1 unspecified atom stereocenters. The van der Waals surface area contributed by atoms with E-state index in [2.05, 4.69) is 12.2 Å². The van der Waals surface area contributed by atoms with Gasteiger partial charge in [-0.05, 0) is 38.5 Å². The van der Waals surface area contributed by atoms with E-state index in [9.17, 15) is 4.79 Å². The molecule has 88 valence electrons. The van der Waals surface area contributed by atoms with E-state index in [1.807, 2.05) is 6.92 Å². The lowest BCUT2D eigenvalue weighted by Crippen LogP contribution is -2.40. The second kappa shape index (κ2) is 6.11. The van der Waals surface area contributed by atoms with Crippen molar-refractivity contribution in [2.45, 2.75) is 45.6 Å². The van der Waals surface area contributed by atoms with E-state index in [0.29, 0.717) is 6.61 Å². The van der Waals surface area contributed by atoms with Crippen LogP contribution in [-0.4, -0.2) is 25.7 Å². The minimum absolute atomic E-state index is 0.127. The molecule has 3 nitrogen and oxygen atoms in total. The van der Waals surface area contributed by atoms with Crippen molar-refractivity contribution >= 4 is 5.91 Å². The zero-order valence-corrected chi connectivity index (χ0v) is 10.1. The van der Waals surface area contributed by atoms with Gasteiger partial charge in [0.2, 0.25) is 5.91 Å². The van der Waals surface area contributed by atoms with Crippen LogP contribution in [0.1, 0.15) is 39.5 Å². The fraction of sp³-hybridized carbons (Fsp3) is 0.917. The monoisotopic (exact) mass is 213 g/mol. The van der Waals surface area contributed by atoms with Crippen LogP contribution < -0.4 is 5.32 Å². The summed E-state index contributed by atoms with van der Waals surface area (Å²) in [6.45, 7) is 4.84. The maximum atomic E-state index is 11.8. The average Bonchev–Trinajstić information content (AvgIpc) is 2.18. The van der Waals surface area contributed by atoms with Crippen LogP contribution in [0.2, 0.25) is 0 Å². The van der Waals surface area contributed by atoms with Gasteiger partial charge in [-0.1, -0.05) is 6.92 Å². The molecule has 0 heterocycles. The van der Waals surface area contributed by atoms with Gasteiger partial charge in [-0.15, -0.1) is 0 Å². The third-order valence-corrected chi connectivity index (χ3v) is 3.19. The molecule has 15 heavy (non-hydrogen) atoms. The highest BCUT2D eigenvalue weighted by Gasteiger charge is 2.24. The lowest BCUT2D eigenvalue weighted by molar-refractivity contribution is -0.127. The quantitative estimate of drug-likeness (QED) is 0.775. The third-order valence-electron chi connectivity index (χ3n) is 3.19. The van der Waals surface area contributed by atoms with Gasteiger partial charge in [-0.25, -0.2) is 0 Å². The van der Waals surface area contributed by atoms with Crippen LogP contribution in [0, 0.1) is 11.8 Å². The van der Waals surface area contributed by atoms with Crippen LogP contribution in [0.3, 0.4) is 0 Å². The minimum Gasteiger partial charge on any atom is -0.383 e. The summed E-state index contributed by atoms with van der Waals surface area (Å²) in [4.78, 5) is 11.8. The van der Waals surface area contributed by atoms with E-state index in [-0.39, 0.29) is 17.9 Å². The first-order valence-corrected chi connectivity index (χ1v) is 5.92. The maximum Gasteiger partial charge on any atom is 0.223 e. The summed E-state index contributed by atoms with van der Waals surface area (Å²) >= 11 is 0. The maximum absolute atomic E-state index is 11.8. The fourth-order valence-electron chi connectivity index (χ4n) is 2.17. The number of ether oxygens (including phenoxy) is 1. The SMILES string of the molecule is COCC(C)NC(=O)C1CCC(C)CC1. The Balaban J connectivity index is 2.27. The number of methoxy groups -OCH3 is 1. The summed E-state index contributed by atoms with van der Waals surface area (Å²) < 4.78 is 4.99. The smallest absolute Gasteiger partial charge is 0.223 e. The molecule has 1 fully saturated rings. The average molecular weight is 213 g/mol. The highest BCUT2D eigenvalue weighted by Crippen LogP contribution is 2.28. The third kappa shape index (κ3) is 4.20. The van der Waals surface area contributed by atoms with Crippen molar-refractivity contribution < 1.29 is 9.53 Å². The molecule has 1 rings (SSSR count). The molecular weight excluding hydrogens is 190 g/mol. The number of carbonyl (C=O) groups is 1. The van der Waals surface area contributed by atoms with Gasteiger partial charge in [0.25, 0.3) is 0 Å². The van der Waals surface area contributed by atoms with Crippen LogP contribution in [0.25, 0.3) is 0 Å². The van der Waals surface area contributed by atoms with Gasteiger partial charge in [0, 0.05) is 19.1 Å². The Morgan fingerprint density at radius 2 is 2.00 bits per heavy atom. The Bertz CT molecular complexity index is 198. The first-order chi connectivity index (χ1) is 7.13. The van der Waals surface area contributed by atoms with Gasteiger partial charge in [0.15, 0.2) is 0 Å². The largest absolute Gasteiger partial charge is 0.383 e. The number of carbonyl (C=O) groups excluding carboxylic acids is 1. The lowest BCUT2D eigenvalue weighted by Gasteiger charge is -2.26. The van der Waals surface area contributed by atoms with Crippen LogP contribution >= 0.6 is 0 Å². The summed E-state index contributed by atoms with van der Waals surface area (Å²) in [6, 6.07) is 0.127. The van der Waals surface area contributed by atoms with E-state index in [4.69, 9.17) is 4.74 Å². The number of hydrogen-bond donors (Lipinski definition) is 1.